The molecule has 3 aliphatic rings. The minimum absolute atomic E-state index is 0.0480. The Labute approximate surface area is 90.9 Å². The molecule has 0 aromatic carbocycles. The number of hydrogen-bond donors (Lipinski definition) is 1. The Balaban J connectivity index is 1.97. The van der Waals surface area contributed by atoms with E-state index in [9.17, 15) is 9.59 Å². The van der Waals surface area contributed by atoms with Gasteiger partial charge in [0.2, 0.25) is 5.91 Å². The molecule has 2 unspecified atom stereocenters. The quantitative estimate of drug-likeness (QED) is 0.588. The molecule has 0 aliphatic carbocycles. The second kappa shape index (κ2) is 2.28. The van der Waals surface area contributed by atoms with E-state index in [4.69, 9.17) is 0 Å². The standard InChI is InChI=1S/C10H10N4O2/c15-8-10-3-6(12-8)4-14(10)7-1-2-11-9(16)13(7)5-10/h1-2,6H,3-5H2,(H,12,15). The van der Waals surface area contributed by atoms with Crippen LogP contribution in [-0.2, 0) is 11.3 Å². The van der Waals surface area contributed by atoms with Gasteiger partial charge in [-0.25, -0.2) is 9.78 Å². The molecule has 6 heteroatoms. The minimum Gasteiger partial charge on any atom is -0.349 e. The maximum absolute atomic E-state index is 11.9. The van der Waals surface area contributed by atoms with Crippen molar-refractivity contribution in [1.82, 2.24) is 14.9 Å². The Morgan fingerprint density at radius 1 is 1.50 bits per heavy atom. The number of aromatic nitrogens is 2. The lowest BCUT2D eigenvalue weighted by Gasteiger charge is -2.31. The van der Waals surface area contributed by atoms with Gasteiger partial charge in [0.1, 0.15) is 11.4 Å². The molecule has 2 saturated heterocycles. The van der Waals surface area contributed by atoms with E-state index in [0.29, 0.717) is 6.54 Å². The van der Waals surface area contributed by atoms with Crippen LogP contribution in [-0.4, -0.2) is 33.6 Å². The largest absolute Gasteiger partial charge is 0.349 e. The third-order valence-electron chi connectivity index (χ3n) is 3.87. The van der Waals surface area contributed by atoms with Gasteiger partial charge in [0.25, 0.3) is 0 Å². The summed E-state index contributed by atoms with van der Waals surface area (Å²) in [5.41, 5.74) is -0.780. The molecule has 1 aromatic rings. The minimum atomic E-state index is -0.514. The zero-order valence-corrected chi connectivity index (χ0v) is 8.51. The van der Waals surface area contributed by atoms with Gasteiger partial charge in [-0.3, -0.25) is 9.36 Å². The number of carbonyl (C=O) groups excluding carboxylic acids is 1. The van der Waals surface area contributed by atoms with E-state index in [1.807, 2.05) is 6.07 Å². The molecule has 1 amide bonds. The molecule has 1 aromatic heterocycles. The Hall–Kier alpha value is -1.85. The lowest BCUT2D eigenvalue weighted by molar-refractivity contribution is -0.124. The van der Waals surface area contributed by atoms with Crippen LogP contribution in [0, 0.1) is 0 Å². The smallest absolute Gasteiger partial charge is 0.349 e. The molecule has 3 aliphatic heterocycles. The van der Waals surface area contributed by atoms with Crippen LogP contribution in [0.2, 0.25) is 0 Å². The van der Waals surface area contributed by atoms with E-state index in [1.165, 1.54) is 6.20 Å². The molecule has 1 N–H and O–H groups in total. The van der Waals surface area contributed by atoms with Crippen molar-refractivity contribution in [2.24, 2.45) is 0 Å². The van der Waals surface area contributed by atoms with E-state index < -0.39 is 5.54 Å². The number of piperazine rings is 1. The number of hydrogen-bond acceptors (Lipinski definition) is 4. The van der Waals surface area contributed by atoms with Crippen LogP contribution in [0.3, 0.4) is 0 Å². The fourth-order valence-corrected chi connectivity index (χ4v) is 3.21. The molecule has 2 atom stereocenters. The average Bonchev–Trinajstić information content (AvgIpc) is 2.83. The number of carbonyl (C=O) groups is 1. The van der Waals surface area contributed by atoms with E-state index in [0.717, 1.165) is 18.8 Å². The first-order chi connectivity index (χ1) is 7.71. The summed E-state index contributed by atoms with van der Waals surface area (Å²) < 4.78 is 1.60. The molecular weight excluding hydrogens is 208 g/mol. The van der Waals surface area contributed by atoms with E-state index in [-0.39, 0.29) is 17.6 Å². The van der Waals surface area contributed by atoms with Crippen LogP contribution in [0.5, 0.6) is 0 Å². The zero-order valence-electron chi connectivity index (χ0n) is 8.51. The zero-order chi connectivity index (χ0) is 10.9. The van der Waals surface area contributed by atoms with Crippen LogP contribution in [0.1, 0.15) is 6.42 Å². The molecule has 6 nitrogen and oxygen atoms in total. The van der Waals surface area contributed by atoms with E-state index in [2.05, 4.69) is 15.2 Å². The molecular formula is C10H10N4O2. The topological polar surface area (TPSA) is 67.2 Å². The molecule has 0 radical (unpaired) electrons. The van der Waals surface area contributed by atoms with Gasteiger partial charge in [0.15, 0.2) is 0 Å². The van der Waals surface area contributed by atoms with Gasteiger partial charge in [0.05, 0.1) is 6.54 Å². The van der Waals surface area contributed by atoms with Crippen LogP contribution in [0.25, 0.3) is 0 Å². The van der Waals surface area contributed by atoms with Crippen molar-refractivity contribution in [3.63, 3.8) is 0 Å². The Bertz CT molecular complexity index is 566. The fourth-order valence-electron chi connectivity index (χ4n) is 3.21. The highest BCUT2D eigenvalue weighted by molar-refractivity contribution is 5.95. The van der Waals surface area contributed by atoms with Crippen LogP contribution in [0.4, 0.5) is 5.82 Å². The molecule has 2 bridgehead atoms. The SMILES string of the molecule is O=C1NC2CN3c4ccnc(=O)n4CC13C2. The Morgan fingerprint density at radius 2 is 2.38 bits per heavy atom. The van der Waals surface area contributed by atoms with Gasteiger partial charge in [-0.05, 0) is 6.07 Å². The van der Waals surface area contributed by atoms with Crippen LogP contribution < -0.4 is 15.9 Å². The predicted octanol–water partition coefficient (Wildman–Crippen LogP) is -1.30. The average molecular weight is 218 g/mol. The molecule has 0 saturated carbocycles. The van der Waals surface area contributed by atoms with Gasteiger partial charge in [0, 0.05) is 25.2 Å². The summed E-state index contributed by atoms with van der Waals surface area (Å²) in [7, 11) is 0. The summed E-state index contributed by atoms with van der Waals surface area (Å²) in [6, 6.07) is 2.05. The highest BCUT2D eigenvalue weighted by atomic mass is 16.2. The summed E-state index contributed by atoms with van der Waals surface area (Å²) in [6.45, 7) is 1.24. The van der Waals surface area contributed by atoms with Crippen LogP contribution in [0.15, 0.2) is 17.1 Å². The first kappa shape index (κ1) is 8.32. The van der Waals surface area contributed by atoms with Crippen molar-refractivity contribution >= 4 is 11.7 Å². The first-order valence-electron chi connectivity index (χ1n) is 5.35. The van der Waals surface area contributed by atoms with Gasteiger partial charge in [-0.15, -0.1) is 0 Å². The lowest BCUT2D eigenvalue weighted by atomic mass is 9.99. The third-order valence-corrected chi connectivity index (χ3v) is 3.87. The second-order valence-electron chi connectivity index (χ2n) is 4.69. The summed E-state index contributed by atoms with van der Waals surface area (Å²) in [6.07, 6.45) is 2.31. The molecule has 2 fully saturated rings. The number of nitrogens with zero attached hydrogens (tertiary/aromatic N) is 3. The van der Waals surface area contributed by atoms with Gasteiger partial charge < -0.3 is 10.2 Å². The highest BCUT2D eigenvalue weighted by Gasteiger charge is 2.61. The third kappa shape index (κ3) is 0.709. The molecule has 16 heavy (non-hydrogen) atoms. The maximum atomic E-state index is 11.9. The molecule has 82 valence electrons. The van der Waals surface area contributed by atoms with E-state index in [1.54, 1.807) is 4.57 Å². The second-order valence-corrected chi connectivity index (χ2v) is 4.69. The van der Waals surface area contributed by atoms with Crippen molar-refractivity contribution in [2.75, 3.05) is 11.4 Å². The highest BCUT2D eigenvalue weighted by Crippen LogP contribution is 2.44. The normalized spacial score (nSPS) is 33.9. The monoisotopic (exact) mass is 218 g/mol. The number of fused-ring (bicyclic) bond motifs is 3. The van der Waals surface area contributed by atoms with Gasteiger partial charge >= 0.3 is 5.69 Å². The number of anilines is 1. The fraction of sp³-hybridized carbons (Fsp3) is 0.500. The molecule has 1 spiro atoms. The Morgan fingerprint density at radius 3 is 3.19 bits per heavy atom. The number of rotatable bonds is 0. The van der Waals surface area contributed by atoms with Gasteiger partial charge in [-0.1, -0.05) is 0 Å². The van der Waals surface area contributed by atoms with E-state index >= 15 is 0 Å². The lowest BCUT2D eigenvalue weighted by Crippen LogP contribution is -2.55. The number of amides is 1. The Kier molecular flexibility index (Phi) is 1.19. The summed E-state index contributed by atoms with van der Waals surface area (Å²) >= 11 is 0. The summed E-state index contributed by atoms with van der Waals surface area (Å²) in [5.74, 6) is 0.879. The van der Waals surface area contributed by atoms with Crippen molar-refractivity contribution in [3.05, 3.63) is 22.7 Å². The maximum Gasteiger partial charge on any atom is 0.349 e. The van der Waals surface area contributed by atoms with Crippen molar-refractivity contribution in [1.29, 1.82) is 0 Å². The summed E-state index contributed by atoms with van der Waals surface area (Å²) in [5, 5.41) is 2.95. The van der Waals surface area contributed by atoms with Crippen molar-refractivity contribution in [2.45, 2.75) is 24.5 Å². The molecule has 4 heterocycles. The number of nitrogens with one attached hydrogen (secondary N) is 1. The van der Waals surface area contributed by atoms with Crippen LogP contribution >= 0.6 is 0 Å². The van der Waals surface area contributed by atoms with Crippen molar-refractivity contribution in [3.8, 4) is 0 Å². The first-order valence-corrected chi connectivity index (χ1v) is 5.35. The predicted molar refractivity (Wildman–Crippen MR) is 55.1 cm³/mol. The summed E-state index contributed by atoms with van der Waals surface area (Å²) in [4.78, 5) is 29.3. The molecule has 4 rings (SSSR count). The van der Waals surface area contributed by atoms with Crippen molar-refractivity contribution < 1.29 is 4.79 Å². The van der Waals surface area contributed by atoms with Gasteiger partial charge in [-0.2, -0.15) is 0 Å².